The molecule has 6 heteroatoms. The fourth-order valence-corrected chi connectivity index (χ4v) is 8.54. The van der Waals surface area contributed by atoms with Gasteiger partial charge in [-0.2, -0.15) is 4.98 Å². The lowest BCUT2D eigenvalue weighted by atomic mass is 10.0. The standard InChI is InChI=1S/C46H26N6/c1-3-13-28(14-4-1)35-26-47-42-41(29-15-5-2-6-16-29)49-46(50-45(42)48-35)52-38-25-24-37-39(40(38)34-23-22-27-12-7-8-17-30(27)43(34)52)33-20-11-19-32-31-18-9-10-21-36(31)51(37)44(32)33/h1-26H. The number of para-hydroxylation sites is 2. The normalized spacial score (nSPS) is 12.2. The van der Waals surface area contributed by atoms with Gasteiger partial charge >= 0.3 is 0 Å². The maximum Gasteiger partial charge on any atom is 0.237 e. The molecule has 0 N–H and O–H groups in total. The van der Waals surface area contributed by atoms with Gasteiger partial charge in [0, 0.05) is 48.8 Å². The van der Waals surface area contributed by atoms with E-state index in [0.717, 1.165) is 49.7 Å². The summed E-state index contributed by atoms with van der Waals surface area (Å²) in [5.41, 5.74) is 10.5. The molecule has 0 aliphatic carbocycles. The maximum atomic E-state index is 5.37. The Morgan fingerprint density at radius 3 is 1.96 bits per heavy atom. The van der Waals surface area contributed by atoms with Gasteiger partial charge in [-0.05, 0) is 23.6 Å². The van der Waals surface area contributed by atoms with Crippen LogP contribution in [0.25, 0.3) is 110 Å². The summed E-state index contributed by atoms with van der Waals surface area (Å²) in [6.07, 6.45) is 1.82. The number of fused-ring (bicyclic) bond motifs is 13. The molecule has 5 aromatic heterocycles. The summed E-state index contributed by atoms with van der Waals surface area (Å²) >= 11 is 0. The molecular formula is C46H26N6. The number of nitrogens with zero attached hydrogens (tertiary/aromatic N) is 6. The van der Waals surface area contributed by atoms with E-state index in [4.69, 9.17) is 19.9 Å². The minimum absolute atomic E-state index is 0.550. The van der Waals surface area contributed by atoms with Crippen LogP contribution in [0.2, 0.25) is 0 Å². The summed E-state index contributed by atoms with van der Waals surface area (Å²) in [4.78, 5) is 20.7. The molecule has 0 aliphatic rings. The first-order valence-electron chi connectivity index (χ1n) is 17.5. The van der Waals surface area contributed by atoms with E-state index < -0.39 is 0 Å². The Labute approximate surface area is 296 Å². The third-order valence-corrected chi connectivity index (χ3v) is 10.7. The molecule has 0 fully saturated rings. The van der Waals surface area contributed by atoms with E-state index >= 15 is 0 Å². The highest BCUT2D eigenvalue weighted by atomic mass is 15.2. The summed E-state index contributed by atoms with van der Waals surface area (Å²) in [7, 11) is 0. The molecule has 0 radical (unpaired) electrons. The van der Waals surface area contributed by atoms with Crippen molar-refractivity contribution in [2.45, 2.75) is 0 Å². The zero-order chi connectivity index (χ0) is 33.9. The first kappa shape index (κ1) is 27.6. The summed E-state index contributed by atoms with van der Waals surface area (Å²) in [6.45, 7) is 0. The second-order valence-corrected chi connectivity index (χ2v) is 13.5. The predicted molar refractivity (Wildman–Crippen MR) is 213 cm³/mol. The Bertz CT molecular complexity index is 3400. The Hall–Kier alpha value is -7.18. The summed E-state index contributed by atoms with van der Waals surface area (Å²) in [6, 6.07) is 53.4. The van der Waals surface area contributed by atoms with Gasteiger partial charge in [-0.3, -0.25) is 4.57 Å². The molecule has 0 spiro atoms. The third-order valence-electron chi connectivity index (χ3n) is 10.7. The molecule has 6 nitrogen and oxygen atoms in total. The molecule has 0 aliphatic heterocycles. The average molecular weight is 663 g/mol. The third kappa shape index (κ3) is 3.62. The van der Waals surface area contributed by atoms with Crippen LogP contribution in [0.3, 0.4) is 0 Å². The lowest BCUT2D eigenvalue weighted by molar-refractivity contribution is 1.00. The van der Waals surface area contributed by atoms with E-state index in [-0.39, 0.29) is 0 Å². The monoisotopic (exact) mass is 662 g/mol. The van der Waals surface area contributed by atoms with Gasteiger partial charge < -0.3 is 4.40 Å². The van der Waals surface area contributed by atoms with Gasteiger partial charge in [0.2, 0.25) is 5.95 Å². The molecular weight excluding hydrogens is 637 g/mol. The van der Waals surface area contributed by atoms with Crippen molar-refractivity contribution in [2.24, 2.45) is 0 Å². The van der Waals surface area contributed by atoms with Crippen LogP contribution in [-0.2, 0) is 0 Å². The Kier molecular flexibility index (Phi) is 5.41. The van der Waals surface area contributed by atoms with Crippen molar-refractivity contribution in [3.8, 4) is 28.5 Å². The molecule has 0 atom stereocenters. The zero-order valence-corrected chi connectivity index (χ0v) is 27.7. The van der Waals surface area contributed by atoms with Gasteiger partial charge in [0.15, 0.2) is 5.65 Å². The second-order valence-electron chi connectivity index (χ2n) is 13.5. The van der Waals surface area contributed by atoms with Crippen LogP contribution in [0.4, 0.5) is 0 Å². The SMILES string of the molecule is c1ccc(-c2cnc3c(-c4ccccc4)nc(-n4c5ccc6c(c7cccc8c9ccccc9n6c87)c5c5ccc6ccccc6c54)nc3n2)cc1. The Morgan fingerprint density at radius 2 is 1.10 bits per heavy atom. The molecule has 7 aromatic carbocycles. The Balaban J connectivity index is 1.27. The first-order valence-corrected chi connectivity index (χ1v) is 17.5. The van der Waals surface area contributed by atoms with Crippen molar-refractivity contribution in [2.75, 3.05) is 0 Å². The molecule has 0 unspecified atom stereocenters. The largest absolute Gasteiger partial charge is 0.308 e. The van der Waals surface area contributed by atoms with E-state index in [9.17, 15) is 0 Å². The molecule has 52 heavy (non-hydrogen) atoms. The van der Waals surface area contributed by atoms with Crippen LogP contribution < -0.4 is 0 Å². The van der Waals surface area contributed by atoms with Crippen molar-refractivity contribution in [3.63, 3.8) is 0 Å². The van der Waals surface area contributed by atoms with Crippen LogP contribution in [0.15, 0.2) is 158 Å². The number of hydrogen-bond acceptors (Lipinski definition) is 4. The fraction of sp³-hybridized carbons (Fsp3) is 0. The topological polar surface area (TPSA) is 60.9 Å². The fourth-order valence-electron chi connectivity index (χ4n) is 8.54. The number of benzene rings is 7. The minimum atomic E-state index is 0.550. The highest BCUT2D eigenvalue weighted by Gasteiger charge is 2.25. The summed E-state index contributed by atoms with van der Waals surface area (Å²) in [5, 5.41) is 9.66. The predicted octanol–water partition coefficient (Wildman–Crippen LogP) is 11.2. The van der Waals surface area contributed by atoms with Crippen molar-refractivity contribution >= 4 is 81.8 Å². The van der Waals surface area contributed by atoms with Crippen molar-refractivity contribution in [3.05, 3.63) is 158 Å². The van der Waals surface area contributed by atoms with Crippen LogP contribution in [0.5, 0.6) is 0 Å². The molecule has 240 valence electrons. The van der Waals surface area contributed by atoms with Crippen molar-refractivity contribution < 1.29 is 0 Å². The molecule has 5 heterocycles. The van der Waals surface area contributed by atoms with Gasteiger partial charge in [-0.15, -0.1) is 0 Å². The zero-order valence-electron chi connectivity index (χ0n) is 27.7. The summed E-state index contributed by atoms with van der Waals surface area (Å²) in [5.74, 6) is 0.559. The van der Waals surface area contributed by atoms with E-state index in [0.29, 0.717) is 17.1 Å². The molecule has 0 saturated carbocycles. The van der Waals surface area contributed by atoms with Crippen LogP contribution in [-0.4, -0.2) is 28.9 Å². The van der Waals surface area contributed by atoms with Gasteiger partial charge in [0.1, 0.15) is 11.2 Å². The first-order chi connectivity index (χ1) is 25.8. The molecule has 12 rings (SSSR count). The van der Waals surface area contributed by atoms with E-state index in [1.807, 2.05) is 42.6 Å². The highest BCUT2D eigenvalue weighted by Crippen LogP contribution is 2.46. The van der Waals surface area contributed by atoms with Gasteiger partial charge in [0.05, 0.1) is 39.5 Å². The smallest absolute Gasteiger partial charge is 0.237 e. The van der Waals surface area contributed by atoms with E-state index in [2.05, 4.69) is 124 Å². The average Bonchev–Trinajstić information content (AvgIpc) is 3.86. The molecule has 0 amide bonds. The van der Waals surface area contributed by atoms with Crippen molar-refractivity contribution in [1.29, 1.82) is 0 Å². The number of aromatic nitrogens is 6. The van der Waals surface area contributed by atoms with E-state index in [1.165, 1.54) is 43.5 Å². The lowest BCUT2D eigenvalue weighted by Crippen LogP contribution is -2.06. The second kappa shape index (κ2) is 10.2. The molecule has 0 bridgehead atoms. The summed E-state index contributed by atoms with van der Waals surface area (Å²) < 4.78 is 4.70. The van der Waals surface area contributed by atoms with Crippen LogP contribution >= 0.6 is 0 Å². The van der Waals surface area contributed by atoms with Gasteiger partial charge in [-0.1, -0.05) is 133 Å². The van der Waals surface area contributed by atoms with Crippen molar-refractivity contribution in [1.82, 2.24) is 28.9 Å². The van der Waals surface area contributed by atoms with Gasteiger partial charge in [0.25, 0.3) is 0 Å². The molecule has 12 aromatic rings. The minimum Gasteiger partial charge on any atom is -0.308 e. The number of rotatable bonds is 3. The van der Waals surface area contributed by atoms with E-state index in [1.54, 1.807) is 0 Å². The number of hydrogen-bond donors (Lipinski definition) is 0. The maximum absolute atomic E-state index is 5.37. The van der Waals surface area contributed by atoms with Crippen LogP contribution in [0, 0.1) is 0 Å². The van der Waals surface area contributed by atoms with Gasteiger partial charge in [-0.25, -0.2) is 15.0 Å². The lowest BCUT2D eigenvalue weighted by Gasteiger charge is -2.12. The Morgan fingerprint density at radius 1 is 0.423 bits per heavy atom. The molecule has 0 saturated heterocycles. The quantitative estimate of drug-likeness (QED) is 0.189. The van der Waals surface area contributed by atoms with Crippen LogP contribution in [0.1, 0.15) is 0 Å². The highest BCUT2D eigenvalue weighted by molar-refractivity contribution is 6.34.